The Morgan fingerprint density at radius 2 is 1.96 bits per heavy atom. The quantitative estimate of drug-likeness (QED) is 0.771. The predicted octanol–water partition coefficient (Wildman–Crippen LogP) is 4.69. The largest absolute Gasteiger partial charge is 0.356 e. The van der Waals surface area contributed by atoms with Gasteiger partial charge in [-0.1, -0.05) is 30.3 Å². The van der Waals surface area contributed by atoms with E-state index in [4.69, 9.17) is 0 Å². The van der Waals surface area contributed by atoms with Gasteiger partial charge in [0.1, 0.15) is 0 Å². The third kappa shape index (κ3) is 3.77. The zero-order chi connectivity index (χ0) is 19.0. The summed E-state index contributed by atoms with van der Waals surface area (Å²) in [5, 5.41) is 5.35. The van der Waals surface area contributed by atoms with Crippen molar-refractivity contribution in [2.24, 2.45) is 5.92 Å². The van der Waals surface area contributed by atoms with E-state index in [1.54, 1.807) is 0 Å². The molecule has 148 valence electrons. The fourth-order valence-corrected chi connectivity index (χ4v) is 6.07. The number of piperidine rings is 1. The SMILES string of the molecule is O=C(C[C@H]1CC2(CCN(Cc3cccs3)CC2)c2ccccc21)NCC1CC1. The highest BCUT2D eigenvalue weighted by atomic mass is 32.1. The van der Waals surface area contributed by atoms with Crippen LogP contribution in [0.4, 0.5) is 0 Å². The molecule has 1 aromatic heterocycles. The molecule has 0 radical (unpaired) electrons. The van der Waals surface area contributed by atoms with Crippen molar-refractivity contribution in [3.63, 3.8) is 0 Å². The van der Waals surface area contributed by atoms with Crippen molar-refractivity contribution in [2.45, 2.75) is 56.4 Å². The number of hydrogen-bond acceptors (Lipinski definition) is 3. The molecule has 5 rings (SSSR count). The molecule has 1 atom stereocenters. The number of likely N-dealkylation sites (tertiary alicyclic amines) is 1. The first-order chi connectivity index (χ1) is 13.7. The van der Waals surface area contributed by atoms with Gasteiger partial charge in [-0.15, -0.1) is 11.3 Å². The van der Waals surface area contributed by atoms with E-state index in [1.165, 1.54) is 41.7 Å². The van der Waals surface area contributed by atoms with Gasteiger partial charge >= 0.3 is 0 Å². The lowest BCUT2D eigenvalue weighted by Gasteiger charge is -2.40. The topological polar surface area (TPSA) is 32.3 Å². The van der Waals surface area contributed by atoms with E-state index in [2.05, 4.69) is 52.0 Å². The lowest BCUT2D eigenvalue weighted by atomic mass is 9.73. The van der Waals surface area contributed by atoms with Crippen LogP contribution in [0.3, 0.4) is 0 Å². The van der Waals surface area contributed by atoms with E-state index in [1.807, 2.05) is 11.3 Å². The van der Waals surface area contributed by atoms with Crippen molar-refractivity contribution < 1.29 is 4.79 Å². The Labute approximate surface area is 172 Å². The Kier molecular flexibility index (Phi) is 5.02. The lowest BCUT2D eigenvalue weighted by Crippen LogP contribution is -2.41. The summed E-state index contributed by atoms with van der Waals surface area (Å²) in [6.45, 7) is 4.29. The number of benzene rings is 1. The van der Waals surface area contributed by atoms with Gasteiger partial charge in [0.05, 0.1) is 0 Å². The van der Waals surface area contributed by atoms with Gasteiger partial charge in [-0.2, -0.15) is 0 Å². The van der Waals surface area contributed by atoms with Crippen LogP contribution in [0.15, 0.2) is 41.8 Å². The number of nitrogens with zero attached hydrogens (tertiary/aromatic N) is 1. The van der Waals surface area contributed by atoms with Crippen molar-refractivity contribution in [1.82, 2.24) is 10.2 Å². The van der Waals surface area contributed by atoms with Crippen LogP contribution in [-0.2, 0) is 16.8 Å². The van der Waals surface area contributed by atoms with Crippen molar-refractivity contribution in [3.05, 3.63) is 57.8 Å². The second-order valence-corrected chi connectivity index (χ2v) is 10.1. The third-order valence-corrected chi connectivity index (χ3v) is 7.96. The minimum atomic E-state index is 0.249. The Hall–Kier alpha value is -1.65. The molecule has 2 aliphatic carbocycles. The Bertz CT molecular complexity index is 819. The van der Waals surface area contributed by atoms with E-state index in [-0.39, 0.29) is 11.3 Å². The third-order valence-electron chi connectivity index (χ3n) is 7.10. The molecule has 2 aromatic rings. The summed E-state index contributed by atoms with van der Waals surface area (Å²) in [5.41, 5.74) is 3.26. The maximum absolute atomic E-state index is 12.5. The molecule has 2 fully saturated rings. The number of carbonyl (C=O) groups is 1. The fraction of sp³-hybridized carbons (Fsp3) is 0.542. The molecule has 0 bridgehead atoms. The first-order valence-corrected chi connectivity index (χ1v) is 11.7. The number of rotatable bonds is 6. The summed E-state index contributed by atoms with van der Waals surface area (Å²) >= 11 is 1.86. The van der Waals surface area contributed by atoms with Crippen molar-refractivity contribution in [1.29, 1.82) is 0 Å². The number of carbonyl (C=O) groups excluding carboxylic acids is 1. The molecular formula is C24H30N2OS. The highest BCUT2D eigenvalue weighted by molar-refractivity contribution is 7.09. The van der Waals surface area contributed by atoms with E-state index < -0.39 is 0 Å². The van der Waals surface area contributed by atoms with Gasteiger partial charge in [-0.3, -0.25) is 9.69 Å². The number of nitrogens with one attached hydrogen (secondary N) is 1. The summed E-state index contributed by atoms with van der Waals surface area (Å²) in [7, 11) is 0. The molecule has 1 amide bonds. The normalized spacial score (nSPS) is 23.6. The lowest BCUT2D eigenvalue weighted by molar-refractivity contribution is -0.121. The van der Waals surface area contributed by atoms with Crippen molar-refractivity contribution >= 4 is 17.2 Å². The molecule has 1 saturated heterocycles. The van der Waals surface area contributed by atoms with Gasteiger partial charge in [0.2, 0.25) is 5.91 Å². The molecule has 4 heteroatoms. The molecule has 0 unspecified atom stereocenters. The number of fused-ring (bicyclic) bond motifs is 2. The van der Waals surface area contributed by atoms with Crippen LogP contribution in [0.25, 0.3) is 0 Å². The Morgan fingerprint density at radius 1 is 1.14 bits per heavy atom. The minimum Gasteiger partial charge on any atom is -0.356 e. The molecule has 1 spiro atoms. The van der Waals surface area contributed by atoms with Gasteiger partial charge in [-0.25, -0.2) is 0 Å². The molecule has 3 aliphatic rings. The summed E-state index contributed by atoms with van der Waals surface area (Å²) in [4.78, 5) is 16.6. The monoisotopic (exact) mass is 394 g/mol. The van der Waals surface area contributed by atoms with Crippen molar-refractivity contribution in [3.8, 4) is 0 Å². The summed E-state index contributed by atoms with van der Waals surface area (Å²) in [6, 6.07) is 13.4. The number of amides is 1. The maximum Gasteiger partial charge on any atom is 0.220 e. The molecule has 2 heterocycles. The molecule has 1 saturated carbocycles. The predicted molar refractivity (Wildman–Crippen MR) is 115 cm³/mol. The molecule has 3 nitrogen and oxygen atoms in total. The van der Waals surface area contributed by atoms with Crippen LogP contribution in [-0.4, -0.2) is 30.4 Å². The minimum absolute atomic E-state index is 0.249. The van der Waals surface area contributed by atoms with E-state index >= 15 is 0 Å². The summed E-state index contributed by atoms with van der Waals surface area (Å²) in [6.07, 6.45) is 6.82. The first kappa shape index (κ1) is 18.4. The van der Waals surface area contributed by atoms with Crippen LogP contribution in [0.1, 0.15) is 60.4 Å². The fourth-order valence-electron chi connectivity index (χ4n) is 5.32. The van der Waals surface area contributed by atoms with E-state index in [0.29, 0.717) is 12.3 Å². The van der Waals surface area contributed by atoms with E-state index in [0.717, 1.165) is 38.5 Å². The standard InChI is InChI=1S/C24H30N2OS/c27-23(25-16-18-7-8-18)14-19-15-24(22-6-2-1-5-21(19)22)9-11-26(12-10-24)17-20-4-3-13-28-20/h1-6,13,18-19H,7-12,14-17H2,(H,25,27)/t19-/m0/s1. The smallest absolute Gasteiger partial charge is 0.220 e. The average molecular weight is 395 g/mol. The zero-order valence-electron chi connectivity index (χ0n) is 16.5. The van der Waals surface area contributed by atoms with Crippen LogP contribution in [0.2, 0.25) is 0 Å². The maximum atomic E-state index is 12.5. The van der Waals surface area contributed by atoms with E-state index in [9.17, 15) is 4.79 Å². The number of hydrogen-bond donors (Lipinski definition) is 1. The van der Waals surface area contributed by atoms with Crippen LogP contribution < -0.4 is 5.32 Å². The second-order valence-electron chi connectivity index (χ2n) is 9.08. The number of thiophene rings is 1. The van der Waals surface area contributed by atoms with Gasteiger partial charge in [0.25, 0.3) is 0 Å². The highest BCUT2D eigenvalue weighted by Gasteiger charge is 2.45. The molecule has 1 aromatic carbocycles. The average Bonchev–Trinajstić information content (AvgIpc) is 3.33. The zero-order valence-corrected chi connectivity index (χ0v) is 17.3. The van der Waals surface area contributed by atoms with Crippen LogP contribution >= 0.6 is 11.3 Å². The molecular weight excluding hydrogens is 364 g/mol. The first-order valence-electron chi connectivity index (χ1n) is 10.8. The van der Waals surface area contributed by atoms with Gasteiger partial charge in [-0.05, 0) is 85.0 Å². The molecule has 1 N–H and O–H groups in total. The molecule has 28 heavy (non-hydrogen) atoms. The Morgan fingerprint density at radius 3 is 2.71 bits per heavy atom. The summed E-state index contributed by atoms with van der Waals surface area (Å²) < 4.78 is 0. The van der Waals surface area contributed by atoms with Gasteiger partial charge < -0.3 is 5.32 Å². The van der Waals surface area contributed by atoms with Gasteiger partial charge in [0, 0.05) is 24.4 Å². The summed E-state index contributed by atoms with van der Waals surface area (Å²) in [5.74, 6) is 1.39. The second kappa shape index (κ2) is 7.64. The Balaban J connectivity index is 1.26. The molecule has 1 aliphatic heterocycles. The van der Waals surface area contributed by atoms with Crippen LogP contribution in [0, 0.1) is 5.92 Å². The van der Waals surface area contributed by atoms with Gasteiger partial charge in [0.15, 0.2) is 0 Å². The highest BCUT2D eigenvalue weighted by Crippen LogP contribution is 2.52. The van der Waals surface area contributed by atoms with Crippen molar-refractivity contribution in [2.75, 3.05) is 19.6 Å². The van der Waals surface area contributed by atoms with Crippen LogP contribution in [0.5, 0.6) is 0 Å².